The van der Waals surface area contributed by atoms with Crippen LogP contribution >= 0.6 is 11.8 Å². The van der Waals surface area contributed by atoms with Crippen molar-refractivity contribution < 1.29 is 9.59 Å². The molecular formula is C25H34N2O2S. The standard InChI is InChI=1S/C25H34N2O2S/c1-18-11-7-9-13-21(18)15-27(20(3)24(29)26-25(4,5)6)23(28)17-30-16-22-14-10-8-12-19(22)2/h7-14,20H,15-17H2,1-6H3,(H,26,29). The Bertz CT molecular complexity index is 873. The van der Waals surface area contributed by atoms with E-state index in [-0.39, 0.29) is 17.4 Å². The van der Waals surface area contributed by atoms with Crippen LogP contribution < -0.4 is 5.32 Å². The van der Waals surface area contributed by atoms with E-state index in [0.29, 0.717) is 12.3 Å². The van der Waals surface area contributed by atoms with Crippen LogP contribution in [0, 0.1) is 13.8 Å². The molecule has 2 rings (SSSR count). The Morgan fingerprint density at radius 3 is 2.03 bits per heavy atom. The zero-order valence-electron chi connectivity index (χ0n) is 19.0. The lowest BCUT2D eigenvalue weighted by molar-refractivity contribution is -0.139. The van der Waals surface area contributed by atoms with Crippen LogP contribution in [0.25, 0.3) is 0 Å². The second kappa shape index (κ2) is 10.7. The molecule has 162 valence electrons. The molecule has 2 aromatic rings. The van der Waals surface area contributed by atoms with Gasteiger partial charge >= 0.3 is 0 Å². The molecule has 1 N–H and O–H groups in total. The lowest BCUT2D eigenvalue weighted by Crippen LogP contribution is -2.52. The maximum absolute atomic E-state index is 13.2. The minimum Gasteiger partial charge on any atom is -0.350 e. The van der Waals surface area contributed by atoms with Gasteiger partial charge in [-0.2, -0.15) is 0 Å². The van der Waals surface area contributed by atoms with Crippen LogP contribution in [0.1, 0.15) is 49.9 Å². The Morgan fingerprint density at radius 2 is 1.50 bits per heavy atom. The first-order chi connectivity index (χ1) is 14.1. The summed E-state index contributed by atoms with van der Waals surface area (Å²) in [5.41, 5.74) is 4.30. The second-order valence-electron chi connectivity index (χ2n) is 8.78. The fraction of sp³-hybridized carbons (Fsp3) is 0.440. The summed E-state index contributed by atoms with van der Waals surface area (Å²) in [6.45, 7) is 12.2. The lowest BCUT2D eigenvalue weighted by atomic mass is 10.1. The monoisotopic (exact) mass is 426 g/mol. The number of nitrogens with zero attached hydrogens (tertiary/aromatic N) is 1. The number of amides is 2. The van der Waals surface area contributed by atoms with E-state index in [1.54, 1.807) is 16.7 Å². The summed E-state index contributed by atoms with van der Waals surface area (Å²) in [6.07, 6.45) is 0. The number of benzene rings is 2. The maximum atomic E-state index is 13.2. The van der Waals surface area contributed by atoms with Gasteiger partial charge in [-0.15, -0.1) is 11.8 Å². The summed E-state index contributed by atoms with van der Waals surface area (Å²) in [5, 5.41) is 3.00. The van der Waals surface area contributed by atoms with Gasteiger partial charge in [-0.25, -0.2) is 0 Å². The summed E-state index contributed by atoms with van der Waals surface area (Å²) in [7, 11) is 0. The zero-order chi connectivity index (χ0) is 22.3. The van der Waals surface area contributed by atoms with Crippen molar-refractivity contribution in [3.8, 4) is 0 Å². The molecule has 0 saturated carbocycles. The van der Waals surface area contributed by atoms with Gasteiger partial charge in [0.25, 0.3) is 0 Å². The molecule has 0 bridgehead atoms. The molecule has 0 fully saturated rings. The van der Waals surface area contributed by atoms with E-state index in [4.69, 9.17) is 0 Å². The van der Waals surface area contributed by atoms with Crippen molar-refractivity contribution in [3.63, 3.8) is 0 Å². The van der Waals surface area contributed by atoms with E-state index in [2.05, 4.69) is 24.4 Å². The van der Waals surface area contributed by atoms with Crippen LogP contribution in [0.4, 0.5) is 0 Å². The smallest absolute Gasteiger partial charge is 0.242 e. The molecule has 1 unspecified atom stereocenters. The van der Waals surface area contributed by atoms with Gasteiger partial charge in [-0.1, -0.05) is 48.5 Å². The number of thioether (sulfide) groups is 1. The third-order valence-electron chi connectivity index (χ3n) is 5.01. The third kappa shape index (κ3) is 7.21. The number of aryl methyl sites for hydroxylation is 2. The number of carbonyl (C=O) groups excluding carboxylic acids is 2. The summed E-state index contributed by atoms with van der Waals surface area (Å²) in [5.74, 6) is 0.966. The normalized spacial score (nSPS) is 12.3. The molecule has 1 atom stereocenters. The van der Waals surface area contributed by atoms with Gasteiger partial charge in [-0.3, -0.25) is 9.59 Å². The molecule has 0 saturated heterocycles. The Kier molecular flexibility index (Phi) is 8.54. The highest BCUT2D eigenvalue weighted by Gasteiger charge is 2.28. The van der Waals surface area contributed by atoms with Gasteiger partial charge in [0.05, 0.1) is 5.75 Å². The Labute approximate surface area is 185 Å². The molecule has 0 radical (unpaired) electrons. The molecule has 0 aliphatic heterocycles. The summed E-state index contributed by atoms with van der Waals surface area (Å²) >= 11 is 1.59. The van der Waals surface area contributed by atoms with Crippen LogP contribution in [-0.2, 0) is 21.9 Å². The van der Waals surface area contributed by atoms with Crippen LogP contribution in [0.5, 0.6) is 0 Å². The number of nitrogens with one attached hydrogen (secondary N) is 1. The molecular weight excluding hydrogens is 392 g/mol. The first kappa shape index (κ1) is 24.0. The molecule has 0 heterocycles. The molecule has 5 heteroatoms. The minimum absolute atomic E-state index is 0.0200. The van der Waals surface area contributed by atoms with E-state index < -0.39 is 6.04 Å². The van der Waals surface area contributed by atoms with Crippen molar-refractivity contribution >= 4 is 23.6 Å². The van der Waals surface area contributed by atoms with Crippen LogP contribution in [-0.4, -0.2) is 34.0 Å². The van der Waals surface area contributed by atoms with Gasteiger partial charge in [0, 0.05) is 17.8 Å². The van der Waals surface area contributed by atoms with Crippen molar-refractivity contribution in [2.45, 2.75) is 65.4 Å². The molecule has 0 aliphatic carbocycles. The molecule has 2 amide bonds. The fourth-order valence-corrected chi connectivity index (χ4v) is 4.12. The zero-order valence-corrected chi connectivity index (χ0v) is 19.8. The topological polar surface area (TPSA) is 49.4 Å². The van der Waals surface area contributed by atoms with Gasteiger partial charge in [-0.05, 0) is 63.8 Å². The summed E-state index contributed by atoms with van der Waals surface area (Å²) in [6, 6.07) is 15.7. The number of hydrogen-bond acceptors (Lipinski definition) is 3. The minimum atomic E-state index is -0.546. The average Bonchev–Trinajstić information content (AvgIpc) is 2.67. The molecule has 0 aromatic heterocycles. The van der Waals surface area contributed by atoms with Gasteiger partial charge in [0.1, 0.15) is 6.04 Å². The largest absolute Gasteiger partial charge is 0.350 e. The highest BCUT2D eigenvalue weighted by atomic mass is 32.2. The predicted octanol–water partition coefficient (Wildman–Crippen LogP) is 4.87. The Hall–Kier alpha value is -2.27. The number of rotatable bonds is 8. The van der Waals surface area contributed by atoms with Gasteiger partial charge in [0.15, 0.2) is 0 Å². The van der Waals surface area contributed by atoms with Crippen molar-refractivity contribution in [1.29, 1.82) is 0 Å². The van der Waals surface area contributed by atoms with E-state index in [0.717, 1.165) is 16.9 Å². The van der Waals surface area contributed by atoms with Crippen LogP contribution in [0.2, 0.25) is 0 Å². The molecule has 0 aliphatic rings. The first-order valence-corrected chi connectivity index (χ1v) is 11.5. The SMILES string of the molecule is Cc1ccccc1CSCC(=O)N(Cc1ccccc1C)C(C)C(=O)NC(C)(C)C. The third-order valence-corrected chi connectivity index (χ3v) is 5.98. The van der Waals surface area contributed by atoms with E-state index in [1.165, 1.54) is 11.1 Å². The fourth-order valence-electron chi connectivity index (χ4n) is 3.13. The second-order valence-corrected chi connectivity index (χ2v) is 9.77. The average molecular weight is 427 g/mol. The first-order valence-electron chi connectivity index (χ1n) is 10.4. The quantitative estimate of drug-likeness (QED) is 0.655. The number of hydrogen-bond donors (Lipinski definition) is 1. The van der Waals surface area contributed by atoms with Gasteiger partial charge in [0.2, 0.25) is 11.8 Å². The van der Waals surface area contributed by atoms with Crippen molar-refractivity contribution in [2.24, 2.45) is 0 Å². The Morgan fingerprint density at radius 1 is 0.967 bits per heavy atom. The number of carbonyl (C=O) groups is 2. The molecule has 2 aromatic carbocycles. The van der Waals surface area contributed by atoms with Crippen molar-refractivity contribution in [1.82, 2.24) is 10.2 Å². The van der Waals surface area contributed by atoms with Crippen LogP contribution in [0.15, 0.2) is 48.5 Å². The summed E-state index contributed by atoms with van der Waals surface area (Å²) in [4.78, 5) is 27.7. The van der Waals surface area contributed by atoms with Crippen molar-refractivity contribution in [2.75, 3.05) is 5.75 Å². The van der Waals surface area contributed by atoms with E-state index in [1.807, 2.05) is 71.0 Å². The maximum Gasteiger partial charge on any atom is 0.242 e. The molecule has 4 nitrogen and oxygen atoms in total. The highest BCUT2D eigenvalue weighted by molar-refractivity contribution is 7.99. The van der Waals surface area contributed by atoms with E-state index >= 15 is 0 Å². The molecule has 30 heavy (non-hydrogen) atoms. The van der Waals surface area contributed by atoms with Crippen molar-refractivity contribution in [3.05, 3.63) is 70.8 Å². The molecule has 0 spiro atoms. The van der Waals surface area contributed by atoms with Gasteiger partial charge < -0.3 is 10.2 Å². The summed E-state index contributed by atoms with van der Waals surface area (Å²) < 4.78 is 0. The Balaban J connectivity index is 2.13. The predicted molar refractivity (Wildman–Crippen MR) is 126 cm³/mol. The van der Waals surface area contributed by atoms with Crippen LogP contribution in [0.3, 0.4) is 0 Å². The van der Waals surface area contributed by atoms with E-state index in [9.17, 15) is 9.59 Å². The highest BCUT2D eigenvalue weighted by Crippen LogP contribution is 2.19. The lowest BCUT2D eigenvalue weighted by Gasteiger charge is -2.31.